The second kappa shape index (κ2) is 7.09. The van der Waals surface area contributed by atoms with Gasteiger partial charge in [0.25, 0.3) is 5.78 Å². The number of benzene rings is 1. The zero-order valence-electron chi connectivity index (χ0n) is 12.0. The quantitative estimate of drug-likeness (QED) is 0.686. The first-order valence-electron chi connectivity index (χ1n) is 6.86. The summed E-state index contributed by atoms with van der Waals surface area (Å²) in [5.74, 6) is 1.55. The summed E-state index contributed by atoms with van der Waals surface area (Å²) in [6.07, 6.45) is 2.76. The van der Waals surface area contributed by atoms with E-state index in [1.807, 2.05) is 6.07 Å². The average molecular weight is 327 g/mol. The molecule has 1 N–H and O–H groups in total. The van der Waals surface area contributed by atoms with Crippen molar-refractivity contribution in [3.63, 3.8) is 0 Å². The van der Waals surface area contributed by atoms with E-state index in [-0.39, 0.29) is 6.61 Å². The maximum absolute atomic E-state index is 9.97. The molecule has 0 spiro atoms. The molecule has 0 bridgehead atoms. The number of aliphatic hydroxyl groups excluding tert-OH is 1. The summed E-state index contributed by atoms with van der Waals surface area (Å²) in [7, 11) is 0. The van der Waals surface area contributed by atoms with Gasteiger partial charge in [-0.2, -0.15) is 10.2 Å². The number of nitriles is 1. The van der Waals surface area contributed by atoms with E-state index in [1.54, 1.807) is 47.2 Å². The molecular weight excluding hydrogens is 314 g/mol. The van der Waals surface area contributed by atoms with Gasteiger partial charge in [-0.05, 0) is 30.3 Å². The number of hydrogen-bond donors (Lipinski definition) is 1. The van der Waals surface area contributed by atoms with Crippen molar-refractivity contribution in [1.82, 2.24) is 19.6 Å². The fourth-order valence-corrected chi connectivity index (χ4v) is 2.54. The van der Waals surface area contributed by atoms with E-state index in [1.165, 1.54) is 11.8 Å². The van der Waals surface area contributed by atoms with Crippen LogP contribution in [0.25, 0.3) is 5.78 Å². The number of aromatic nitrogens is 4. The minimum atomic E-state index is -0.657. The Morgan fingerprint density at radius 3 is 2.91 bits per heavy atom. The van der Waals surface area contributed by atoms with Crippen molar-refractivity contribution in [3.05, 3.63) is 48.3 Å². The van der Waals surface area contributed by atoms with Gasteiger partial charge in [0.15, 0.2) is 0 Å². The van der Waals surface area contributed by atoms with Crippen molar-refractivity contribution in [1.29, 1.82) is 5.26 Å². The van der Waals surface area contributed by atoms with E-state index >= 15 is 0 Å². The Hall–Kier alpha value is -2.63. The number of fused-ring (bicyclic) bond motifs is 1. The summed E-state index contributed by atoms with van der Waals surface area (Å²) in [5, 5.41) is 23.5. The molecule has 23 heavy (non-hydrogen) atoms. The lowest BCUT2D eigenvalue weighted by atomic mass is 10.2. The minimum absolute atomic E-state index is 0.157. The molecule has 0 amide bonds. The highest BCUT2D eigenvalue weighted by Gasteiger charge is 2.10. The fourth-order valence-electron chi connectivity index (χ4n) is 1.81. The molecule has 7 nitrogen and oxygen atoms in total. The van der Waals surface area contributed by atoms with Crippen molar-refractivity contribution in [2.45, 2.75) is 11.3 Å². The Bertz CT molecular complexity index is 795. The predicted molar refractivity (Wildman–Crippen MR) is 84.2 cm³/mol. The van der Waals surface area contributed by atoms with Crippen LogP contribution in [0.4, 0.5) is 0 Å². The smallest absolute Gasteiger partial charge is 0.253 e. The third-order valence-corrected chi connectivity index (χ3v) is 3.91. The normalized spacial score (nSPS) is 12.0. The summed E-state index contributed by atoms with van der Waals surface area (Å²) in [6, 6.07) is 10.6. The van der Waals surface area contributed by atoms with Crippen molar-refractivity contribution in [2.24, 2.45) is 0 Å². The van der Waals surface area contributed by atoms with E-state index in [2.05, 4.69) is 15.1 Å². The molecule has 3 aromatic rings. The van der Waals surface area contributed by atoms with Crippen molar-refractivity contribution < 1.29 is 9.84 Å². The van der Waals surface area contributed by atoms with Gasteiger partial charge in [0, 0.05) is 18.1 Å². The summed E-state index contributed by atoms with van der Waals surface area (Å²) < 4.78 is 7.07. The van der Waals surface area contributed by atoms with Gasteiger partial charge in [-0.3, -0.25) is 0 Å². The fraction of sp³-hybridized carbons (Fsp3) is 0.200. The molecule has 0 unspecified atom stereocenters. The molecule has 8 heteroatoms. The first kappa shape index (κ1) is 15.3. The molecule has 3 rings (SSSR count). The number of hydrogen-bond acceptors (Lipinski definition) is 7. The Morgan fingerprint density at radius 2 is 2.17 bits per heavy atom. The molecule has 0 saturated carbocycles. The first-order chi connectivity index (χ1) is 11.2. The Morgan fingerprint density at radius 1 is 1.35 bits per heavy atom. The SMILES string of the molecule is N#Cc1ccc(OC[C@H](O)CSc2nc3ncccn3n2)cc1. The van der Waals surface area contributed by atoms with Crippen LogP contribution in [-0.2, 0) is 0 Å². The van der Waals surface area contributed by atoms with Crippen molar-refractivity contribution in [2.75, 3.05) is 12.4 Å². The van der Waals surface area contributed by atoms with Gasteiger partial charge in [0.1, 0.15) is 12.4 Å². The van der Waals surface area contributed by atoms with Crippen LogP contribution in [0.5, 0.6) is 5.75 Å². The standard InChI is InChI=1S/C15H13N5O2S/c16-8-11-2-4-13(5-3-11)22-9-12(21)10-23-15-18-14-17-6-1-7-20(14)19-15/h1-7,12,21H,9-10H2/t12-/m0/s1. The Balaban J connectivity index is 1.49. The molecule has 0 aliphatic rings. The molecule has 2 heterocycles. The molecule has 1 atom stereocenters. The molecule has 0 fully saturated rings. The van der Waals surface area contributed by atoms with E-state index < -0.39 is 6.10 Å². The largest absolute Gasteiger partial charge is 0.491 e. The van der Waals surface area contributed by atoms with Crippen LogP contribution in [0, 0.1) is 11.3 Å². The van der Waals surface area contributed by atoms with Crippen LogP contribution in [0.15, 0.2) is 47.9 Å². The highest BCUT2D eigenvalue weighted by molar-refractivity contribution is 7.99. The van der Waals surface area contributed by atoms with Crippen LogP contribution in [0.3, 0.4) is 0 Å². The van der Waals surface area contributed by atoms with Crippen LogP contribution in [-0.4, -0.2) is 43.2 Å². The number of nitrogens with zero attached hydrogens (tertiary/aromatic N) is 5. The topological polar surface area (TPSA) is 96.3 Å². The van der Waals surface area contributed by atoms with Gasteiger partial charge >= 0.3 is 0 Å². The van der Waals surface area contributed by atoms with Crippen LogP contribution in [0.2, 0.25) is 0 Å². The third-order valence-electron chi connectivity index (χ3n) is 2.93. The highest BCUT2D eigenvalue weighted by Crippen LogP contribution is 2.16. The van der Waals surface area contributed by atoms with Gasteiger partial charge in [0.2, 0.25) is 5.16 Å². The van der Waals surface area contributed by atoms with Gasteiger partial charge in [0.05, 0.1) is 17.7 Å². The van der Waals surface area contributed by atoms with E-state index in [0.29, 0.717) is 28.0 Å². The van der Waals surface area contributed by atoms with Crippen molar-refractivity contribution >= 4 is 17.5 Å². The number of ether oxygens (including phenoxy) is 1. The third kappa shape index (κ3) is 3.97. The summed E-state index contributed by atoms with van der Waals surface area (Å²) in [4.78, 5) is 8.33. The van der Waals surface area contributed by atoms with E-state index in [9.17, 15) is 5.11 Å². The van der Waals surface area contributed by atoms with Gasteiger partial charge in [-0.1, -0.05) is 11.8 Å². The number of rotatable bonds is 6. The molecule has 0 saturated heterocycles. The van der Waals surface area contributed by atoms with Gasteiger partial charge < -0.3 is 9.84 Å². The number of thioether (sulfide) groups is 1. The Labute approximate surface area is 136 Å². The van der Waals surface area contributed by atoms with Crippen LogP contribution >= 0.6 is 11.8 Å². The maximum Gasteiger partial charge on any atom is 0.253 e. The minimum Gasteiger partial charge on any atom is -0.491 e. The highest BCUT2D eigenvalue weighted by atomic mass is 32.2. The predicted octanol–water partition coefficient (Wildman–Crippen LogP) is 1.53. The second-order valence-electron chi connectivity index (χ2n) is 4.67. The lowest BCUT2D eigenvalue weighted by Crippen LogP contribution is -2.20. The lowest BCUT2D eigenvalue weighted by molar-refractivity contribution is 0.126. The van der Waals surface area contributed by atoms with Crippen LogP contribution in [0.1, 0.15) is 5.56 Å². The summed E-state index contributed by atoms with van der Waals surface area (Å²) in [6.45, 7) is 0.157. The lowest BCUT2D eigenvalue weighted by Gasteiger charge is -2.11. The molecule has 0 aliphatic carbocycles. The molecule has 0 radical (unpaired) electrons. The van der Waals surface area contributed by atoms with E-state index in [4.69, 9.17) is 10.00 Å². The van der Waals surface area contributed by atoms with Gasteiger partial charge in [-0.15, -0.1) is 5.10 Å². The molecule has 2 aromatic heterocycles. The zero-order valence-corrected chi connectivity index (χ0v) is 12.8. The Kier molecular flexibility index (Phi) is 4.71. The first-order valence-corrected chi connectivity index (χ1v) is 7.84. The average Bonchev–Trinajstić information content (AvgIpc) is 3.01. The molecule has 0 aliphatic heterocycles. The number of aliphatic hydroxyl groups is 1. The van der Waals surface area contributed by atoms with Crippen LogP contribution < -0.4 is 4.74 Å². The monoisotopic (exact) mass is 327 g/mol. The zero-order chi connectivity index (χ0) is 16.1. The summed E-state index contributed by atoms with van der Waals surface area (Å²) in [5.41, 5.74) is 0.569. The maximum atomic E-state index is 9.97. The van der Waals surface area contributed by atoms with Crippen molar-refractivity contribution in [3.8, 4) is 11.8 Å². The molecule has 1 aromatic carbocycles. The molecular formula is C15H13N5O2S. The van der Waals surface area contributed by atoms with Gasteiger partial charge in [-0.25, -0.2) is 9.50 Å². The van der Waals surface area contributed by atoms with E-state index in [0.717, 1.165) is 0 Å². The second-order valence-corrected chi connectivity index (χ2v) is 5.66. The summed E-state index contributed by atoms with van der Waals surface area (Å²) >= 11 is 1.34. The molecule has 116 valence electrons.